The number of aromatic carboxylic acids is 1. The molecule has 112 valence electrons. The maximum absolute atomic E-state index is 13.8. The van der Waals surface area contributed by atoms with Crippen molar-refractivity contribution >= 4 is 17.6 Å². The number of hydrogen-bond donors (Lipinski definition) is 1. The largest absolute Gasteiger partial charge is 0.478 e. The van der Waals surface area contributed by atoms with Crippen LogP contribution >= 0.6 is 0 Å². The van der Waals surface area contributed by atoms with Gasteiger partial charge >= 0.3 is 5.97 Å². The zero-order valence-electron chi connectivity index (χ0n) is 11.3. The Bertz CT molecular complexity index is 789. The maximum Gasteiger partial charge on any atom is 0.338 e. The van der Waals surface area contributed by atoms with Gasteiger partial charge in [-0.1, -0.05) is 0 Å². The summed E-state index contributed by atoms with van der Waals surface area (Å²) < 4.78 is 26.9. The fourth-order valence-corrected chi connectivity index (χ4v) is 2.55. The van der Waals surface area contributed by atoms with Crippen molar-refractivity contribution in [1.82, 2.24) is 0 Å². The molecule has 3 rings (SSSR count). The Labute approximate surface area is 124 Å². The molecule has 2 aromatic rings. The smallest absolute Gasteiger partial charge is 0.338 e. The number of carboxylic acids is 1. The van der Waals surface area contributed by atoms with Crippen molar-refractivity contribution in [3.05, 3.63) is 64.7 Å². The third kappa shape index (κ3) is 2.32. The molecular weight excluding hydrogens is 292 g/mol. The van der Waals surface area contributed by atoms with Crippen LogP contribution in [-0.2, 0) is 6.42 Å². The van der Waals surface area contributed by atoms with Crippen molar-refractivity contribution in [3.8, 4) is 0 Å². The molecule has 0 spiro atoms. The molecule has 0 atom stereocenters. The lowest BCUT2D eigenvalue weighted by Crippen LogP contribution is -2.37. The van der Waals surface area contributed by atoms with Crippen LogP contribution in [0.15, 0.2) is 36.4 Å². The summed E-state index contributed by atoms with van der Waals surface area (Å²) in [5, 5.41) is 8.82. The molecule has 0 aliphatic carbocycles. The normalized spacial score (nSPS) is 13.9. The lowest BCUT2D eigenvalue weighted by Gasteiger charge is -2.28. The summed E-state index contributed by atoms with van der Waals surface area (Å²) in [5.74, 6) is -3.03. The molecule has 0 saturated carbocycles. The molecule has 0 bridgehead atoms. The number of nitrogens with zero attached hydrogens (tertiary/aromatic N) is 1. The van der Waals surface area contributed by atoms with Gasteiger partial charge in [0.25, 0.3) is 5.91 Å². The Balaban J connectivity index is 1.97. The van der Waals surface area contributed by atoms with Gasteiger partial charge in [0.1, 0.15) is 11.6 Å². The molecule has 0 radical (unpaired) electrons. The average Bonchev–Trinajstić information content (AvgIpc) is 2.47. The van der Waals surface area contributed by atoms with E-state index in [1.807, 2.05) is 0 Å². The van der Waals surface area contributed by atoms with E-state index in [9.17, 15) is 18.4 Å². The van der Waals surface area contributed by atoms with E-state index in [0.717, 1.165) is 12.1 Å². The van der Waals surface area contributed by atoms with Crippen molar-refractivity contribution < 1.29 is 23.5 Å². The predicted octanol–water partition coefficient (Wildman–Crippen LogP) is 2.87. The molecule has 6 heteroatoms. The van der Waals surface area contributed by atoms with Crippen molar-refractivity contribution in [3.63, 3.8) is 0 Å². The van der Waals surface area contributed by atoms with Crippen LogP contribution < -0.4 is 4.90 Å². The van der Waals surface area contributed by atoms with Crippen molar-refractivity contribution in [2.24, 2.45) is 0 Å². The lowest BCUT2D eigenvalue weighted by molar-refractivity contribution is 0.0692. The molecular formula is C16H11F2NO3. The first-order valence-corrected chi connectivity index (χ1v) is 6.60. The van der Waals surface area contributed by atoms with E-state index in [2.05, 4.69) is 0 Å². The molecule has 1 heterocycles. The summed E-state index contributed by atoms with van der Waals surface area (Å²) >= 11 is 0. The summed E-state index contributed by atoms with van der Waals surface area (Å²) in [4.78, 5) is 24.6. The van der Waals surface area contributed by atoms with E-state index < -0.39 is 23.2 Å². The van der Waals surface area contributed by atoms with Gasteiger partial charge in [-0.25, -0.2) is 13.6 Å². The second-order valence-electron chi connectivity index (χ2n) is 4.98. The fourth-order valence-electron chi connectivity index (χ4n) is 2.55. The maximum atomic E-state index is 13.8. The molecule has 0 fully saturated rings. The van der Waals surface area contributed by atoms with Crippen LogP contribution in [0.3, 0.4) is 0 Å². The van der Waals surface area contributed by atoms with E-state index in [-0.39, 0.29) is 18.1 Å². The fraction of sp³-hybridized carbons (Fsp3) is 0.125. The Kier molecular flexibility index (Phi) is 3.36. The van der Waals surface area contributed by atoms with Crippen LogP contribution in [0.4, 0.5) is 14.5 Å². The topological polar surface area (TPSA) is 57.6 Å². The monoisotopic (exact) mass is 303 g/mol. The van der Waals surface area contributed by atoms with E-state index >= 15 is 0 Å². The van der Waals surface area contributed by atoms with Gasteiger partial charge < -0.3 is 10.0 Å². The first-order chi connectivity index (χ1) is 10.5. The van der Waals surface area contributed by atoms with Crippen LogP contribution in [0.2, 0.25) is 0 Å². The Morgan fingerprint density at radius 2 is 1.91 bits per heavy atom. The summed E-state index contributed by atoms with van der Waals surface area (Å²) in [5.41, 5.74) is 0.817. The number of anilines is 1. The van der Waals surface area contributed by atoms with Gasteiger partial charge in [-0.05, 0) is 48.4 Å². The third-order valence-electron chi connectivity index (χ3n) is 3.64. The summed E-state index contributed by atoms with van der Waals surface area (Å²) in [7, 11) is 0. The van der Waals surface area contributed by atoms with Gasteiger partial charge in [0.15, 0.2) is 0 Å². The minimum Gasteiger partial charge on any atom is -0.478 e. The quantitative estimate of drug-likeness (QED) is 0.928. The average molecular weight is 303 g/mol. The van der Waals surface area contributed by atoms with Crippen LogP contribution in [0.1, 0.15) is 26.3 Å². The molecule has 1 N–H and O–H groups in total. The predicted molar refractivity (Wildman–Crippen MR) is 75.1 cm³/mol. The first kappa shape index (κ1) is 14.2. The van der Waals surface area contributed by atoms with Crippen molar-refractivity contribution in [2.75, 3.05) is 11.4 Å². The second kappa shape index (κ2) is 5.22. The zero-order valence-corrected chi connectivity index (χ0v) is 11.3. The number of carboxylic acid groups (broad SMARTS) is 1. The minimum atomic E-state index is -1.37. The highest BCUT2D eigenvalue weighted by Gasteiger charge is 2.26. The first-order valence-electron chi connectivity index (χ1n) is 6.60. The Hall–Kier alpha value is -2.76. The standard InChI is InChI=1S/C16H11F2NO3/c17-10-1-3-12-9(7-10)5-6-19(15(12)20)11-2-4-13(16(21)22)14(18)8-11/h1-4,7-8H,5-6H2,(H,21,22). The number of fused-ring (bicyclic) bond motifs is 1. The molecule has 1 aliphatic heterocycles. The van der Waals surface area contributed by atoms with Crippen LogP contribution in [0.25, 0.3) is 0 Å². The van der Waals surface area contributed by atoms with Gasteiger partial charge in [0.05, 0.1) is 5.56 Å². The second-order valence-corrected chi connectivity index (χ2v) is 4.98. The highest BCUT2D eigenvalue weighted by atomic mass is 19.1. The Morgan fingerprint density at radius 3 is 2.59 bits per heavy atom. The minimum absolute atomic E-state index is 0.279. The summed E-state index contributed by atoms with van der Waals surface area (Å²) in [6.07, 6.45) is 0.446. The zero-order chi connectivity index (χ0) is 15.9. The molecule has 1 amide bonds. The Morgan fingerprint density at radius 1 is 1.14 bits per heavy atom. The highest BCUT2D eigenvalue weighted by molar-refractivity contribution is 6.08. The van der Waals surface area contributed by atoms with Gasteiger partial charge in [-0.3, -0.25) is 4.79 Å². The number of benzene rings is 2. The number of halogens is 2. The molecule has 0 unspecified atom stereocenters. The SMILES string of the molecule is O=C(O)c1ccc(N2CCc3cc(F)ccc3C2=O)cc1F. The molecule has 22 heavy (non-hydrogen) atoms. The van der Waals surface area contributed by atoms with Crippen LogP contribution in [-0.4, -0.2) is 23.5 Å². The van der Waals surface area contributed by atoms with E-state index in [4.69, 9.17) is 5.11 Å². The van der Waals surface area contributed by atoms with Gasteiger partial charge in [-0.15, -0.1) is 0 Å². The van der Waals surface area contributed by atoms with Gasteiger partial charge in [-0.2, -0.15) is 0 Å². The number of carbonyl (C=O) groups is 2. The van der Waals surface area contributed by atoms with Gasteiger partial charge in [0.2, 0.25) is 0 Å². The number of rotatable bonds is 2. The molecule has 0 saturated heterocycles. The number of hydrogen-bond acceptors (Lipinski definition) is 2. The lowest BCUT2D eigenvalue weighted by atomic mass is 9.98. The van der Waals surface area contributed by atoms with E-state index in [0.29, 0.717) is 17.5 Å². The van der Waals surface area contributed by atoms with Crippen LogP contribution in [0, 0.1) is 11.6 Å². The highest BCUT2D eigenvalue weighted by Crippen LogP contribution is 2.26. The molecule has 4 nitrogen and oxygen atoms in total. The van der Waals surface area contributed by atoms with Crippen molar-refractivity contribution in [1.29, 1.82) is 0 Å². The molecule has 1 aliphatic rings. The molecule has 0 aromatic heterocycles. The third-order valence-corrected chi connectivity index (χ3v) is 3.64. The van der Waals surface area contributed by atoms with Crippen molar-refractivity contribution in [2.45, 2.75) is 6.42 Å². The summed E-state index contributed by atoms with van der Waals surface area (Å²) in [6, 6.07) is 7.46. The summed E-state index contributed by atoms with van der Waals surface area (Å²) in [6.45, 7) is 0.279. The number of amides is 1. The van der Waals surface area contributed by atoms with Crippen LogP contribution in [0.5, 0.6) is 0 Å². The molecule has 2 aromatic carbocycles. The van der Waals surface area contributed by atoms with E-state index in [1.54, 1.807) is 0 Å². The van der Waals surface area contributed by atoms with E-state index in [1.165, 1.54) is 29.2 Å². The van der Waals surface area contributed by atoms with Gasteiger partial charge in [0, 0.05) is 17.8 Å². The number of carbonyl (C=O) groups excluding carboxylic acids is 1.